The summed E-state index contributed by atoms with van der Waals surface area (Å²) in [7, 11) is 0. The van der Waals surface area contributed by atoms with Gasteiger partial charge in [0, 0.05) is 11.8 Å². The third-order valence-corrected chi connectivity index (χ3v) is 3.53. The highest BCUT2D eigenvalue weighted by atomic mass is 35.5. The highest BCUT2D eigenvalue weighted by Gasteiger charge is 2.00. The van der Waals surface area contributed by atoms with E-state index in [4.69, 9.17) is 32.7 Å². The topological polar surface area (TPSA) is 18.5 Å². The van der Waals surface area contributed by atoms with Gasteiger partial charge in [0.2, 0.25) is 0 Å². The second-order valence-corrected chi connectivity index (χ2v) is 5.63. The molecule has 2 aromatic carbocycles. The number of hydrogen-bond donors (Lipinski definition) is 0. The van der Waals surface area contributed by atoms with Gasteiger partial charge in [0.25, 0.3) is 0 Å². The van der Waals surface area contributed by atoms with Crippen molar-refractivity contribution in [1.82, 2.24) is 0 Å². The van der Waals surface area contributed by atoms with Crippen molar-refractivity contribution in [3.63, 3.8) is 0 Å². The van der Waals surface area contributed by atoms with Crippen LogP contribution < -0.4 is 0 Å². The van der Waals surface area contributed by atoms with E-state index in [1.807, 2.05) is 0 Å². The Hall–Kier alpha value is -1.06. The van der Waals surface area contributed by atoms with Crippen LogP contribution in [0.5, 0.6) is 0 Å². The molecule has 118 valence electrons. The summed E-state index contributed by atoms with van der Waals surface area (Å²) in [5, 5.41) is 0. The Balaban J connectivity index is 1.93. The Morgan fingerprint density at radius 2 is 0.955 bits per heavy atom. The standard InChI is InChI=1S/C18H20Cl2O2/c19-9-11-21-13-15-1-5-17(6-2-15)18-7-3-16(4-8-18)14-22-12-10-20/h1-8H,9-14H2. The molecule has 0 bridgehead atoms. The van der Waals surface area contributed by atoms with E-state index >= 15 is 0 Å². The zero-order valence-corrected chi connectivity index (χ0v) is 13.9. The van der Waals surface area contributed by atoms with Gasteiger partial charge < -0.3 is 9.47 Å². The molecule has 0 unspecified atom stereocenters. The molecule has 0 saturated heterocycles. The Bertz CT molecular complexity index is 487. The van der Waals surface area contributed by atoms with Crippen molar-refractivity contribution in [2.75, 3.05) is 25.0 Å². The molecule has 0 amide bonds. The van der Waals surface area contributed by atoms with Crippen molar-refractivity contribution < 1.29 is 9.47 Å². The molecule has 0 aliphatic rings. The number of hydrogen-bond acceptors (Lipinski definition) is 2. The second kappa shape index (κ2) is 9.86. The van der Waals surface area contributed by atoms with E-state index in [2.05, 4.69) is 48.5 Å². The van der Waals surface area contributed by atoms with Gasteiger partial charge >= 0.3 is 0 Å². The predicted molar refractivity (Wildman–Crippen MR) is 92.6 cm³/mol. The van der Waals surface area contributed by atoms with Crippen molar-refractivity contribution in [2.45, 2.75) is 13.2 Å². The van der Waals surface area contributed by atoms with Crippen molar-refractivity contribution in [1.29, 1.82) is 0 Å². The van der Waals surface area contributed by atoms with E-state index in [0.29, 0.717) is 38.2 Å². The highest BCUT2D eigenvalue weighted by Crippen LogP contribution is 2.21. The molecule has 0 aromatic heterocycles. The van der Waals surface area contributed by atoms with Gasteiger partial charge in [0.1, 0.15) is 0 Å². The molecule has 0 atom stereocenters. The molecule has 2 aromatic rings. The molecule has 0 saturated carbocycles. The molecule has 0 aliphatic carbocycles. The Labute approximate surface area is 142 Å². The summed E-state index contributed by atoms with van der Waals surface area (Å²) in [6.45, 7) is 2.36. The van der Waals surface area contributed by atoms with Crippen LogP contribution in [-0.4, -0.2) is 25.0 Å². The molecule has 22 heavy (non-hydrogen) atoms. The molecular formula is C18H20Cl2O2. The molecule has 0 radical (unpaired) electrons. The number of benzene rings is 2. The van der Waals surface area contributed by atoms with Crippen LogP contribution in [0.2, 0.25) is 0 Å². The van der Waals surface area contributed by atoms with Gasteiger partial charge in [-0.25, -0.2) is 0 Å². The molecule has 0 spiro atoms. The van der Waals surface area contributed by atoms with E-state index in [1.165, 1.54) is 11.1 Å². The largest absolute Gasteiger partial charge is 0.376 e. The smallest absolute Gasteiger partial charge is 0.0717 e. The first kappa shape index (κ1) is 17.3. The van der Waals surface area contributed by atoms with Gasteiger partial charge in [-0.3, -0.25) is 0 Å². The Morgan fingerprint density at radius 3 is 1.27 bits per heavy atom. The molecule has 2 nitrogen and oxygen atoms in total. The summed E-state index contributed by atoms with van der Waals surface area (Å²) < 4.78 is 10.8. The predicted octanol–water partition coefficient (Wildman–Crippen LogP) is 4.86. The van der Waals surface area contributed by atoms with Crippen molar-refractivity contribution in [2.24, 2.45) is 0 Å². The Kier molecular flexibility index (Phi) is 7.75. The fraction of sp³-hybridized carbons (Fsp3) is 0.333. The summed E-state index contributed by atoms with van der Waals surface area (Å²) >= 11 is 11.2. The van der Waals surface area contributed by atoms with Gasteiger partial charge in [-0.1, -0.05) is 48.5 Å². The number of halogens is 2. The Morgan fingerprint density at radius 1 is 0.591 bits per heavy atom. The maximum Gasteiger partial charge on any atom is 0.0717 e. The molecule has 4 heteroatoms. The highest BCUT2D eigenvalue weighted by molar-refractivity contribution is 6.18. The quantitative estimate of drug-likeness (QED) is 0.480. The lowest BCUT2D eigenvalue weighted by Gasteiger charge is -2.07. The minimum Gasteiger partial charge on any atom is -0.376 e. The minimum absolute atomic E-state index is 0.527. The zero-order chi connectivity index (χ0) is 15.6. The van der Waals surface area contributed by atoms with E-state index in [1.54, 1.807) is 0 Å². The second-order valence-electron chi connectivity index (χ2n) is 4.88. The van der Waals surface area contributed by atoms with E-state index in [-0.39, 0.29) is 0 Å². The van der Waals surface area contributed by atoms with Crippen molar-refractivity contribution in [3.8, 4) is 11.1 Å². The van der Waals surface area contributed by atoms with E-state index in [9.17, 15) is 0 Å². The van der Waals surface area contributed by atoms with Gasteiger partial charge in [-0.2, -0.15) is 0 Å². The molecule has 2 rings (SSSR count). The molecule has 0 N–H and O–H groups in total. The third kappa shape index (κ3) is 5.62. The average Bonchev–Trinajstić information content (AvgIpc) is 2.57. The first-order valence-electron chi connectivity index (χ1n) is 7.29. The van der Waals surface area contributed by atoms with Crippen LogP contribution in [0.3, 0.4) is 0 Å². The summed E-state index contributed by atoms with van der Waals surface area (Å²) in [5.74, 6) is 1.05. The van der Waals surface area contributed by atoms with E-state index < -0.39 is 0 Å². The van der Waals surface area contributed by atoms with E-state index in [0.717, 1.165) is 11.1 Å². The third-order valence-electron chi connectivity index (χ3n) is 3.22. The van der Waals surface area contributed by atoms with Gasteiger partial charge in [0.15, 0.2) is 0 Å². The average molecular weight is 339 g/mol. The maximum atomic E-state index is 5.59. The maximum absolute atomic E-state index is 5.59. The van der Waals surface area contributed by atoms with Gasteiger partial charge in [0.05, 0.1) is 26.4 Å². The number of ether oxygens (including phenoxy) is 2. The van der Waals surface area contributed by atoms with Crippen LogP contribution >= 0.6 is 23.2 Å². The van der Waals surface area contributed by atoms with Crippen LogP contribution in [0.25, 0.3) is 11.1 Å². The minimum atomic E-state index is 0.527. The first-order valence-corrected chi connectivity index (χ1v) is 8.36. The normalized spacial score (nSPS) is 10.8. The number of rotatable bonds is 9. The number of alkyl halides is 2. The molecule has 0 fully saturated rings. The molecular weight excluding hydrogens is 319 g/mol. The fourth-order valence-corrected chi connectivity index (χ4v) is 2.29. The molecule has 0 heterocycles. The monoisotopic (exact) mass is 338 g/mol. The summed E-state index contributed by atoms with van der Waals surface area (Å²) in [6.07, 6.45) is 0. The first-order chi connectivity index (χ1) is 10.8. The lowest BCUT2D eigenvalue weighted by atomic mass is 10.0. The lowest BCUT2D eigenvalue weighted by molar-refractivity contribution is 0.136. The summed E-state index contributed by atoms with van der Waals surface area (Å²) in [6, 6.07) is 16.8. The van der Waals surface area contributed by atoms with Crippen LogP contribution in [0.1, 0.15) is 11.1 Å². The fourth-order valence-electron chi connectivity index (χ4n) is 2.08. The van der Waals surface area contributed by atoms with Crippen LogP contribution in [0.4, 0.5) is 0 Å². The SMILES string of the molecule is ClCCOCc1ccc(-c2ccc(COCCCl)cc2)cc1. The zero-order valence-electron chi connectivity index (χ0n) is 12.4. The summed E-state index contributed by atoms with van der Waals surface area (Å²) in [5.41, 5.74) is 4.68. The summed E-state index contributed by atoms with van der Waals surface area (Å²) in [4.78, 5) is 0. The van der Waals surface area contributed by atoms with Crippen molar-refractivity contribution >= 4 is 23.2 Å². The van der Waals surface area contributed by atoms with Crippen LogP contribution in [0, 0.1) is 0 Å². The van der Waals surface area contributed by atoms with Crippen LogP contribution in [-0.2, 0) is 22.7 Å². The van der Waals surface area contributed by atoms with Gasteiger partial charge in [-0.05, 0) is 22.3 Å². The molecule has 0 aliphatic heterocycles. The van der Waals surface area contributed by atoms with Crippen LogP contribution in [0.15, 0.2) is 48.5 Å². The van der Waals surface area contributed by atoms with Gasteiger partial charge in [-0.15, -0.1) is 23.2 Å². The lowest BCUT2D eigenvalue weighted by Crippen LogP contribution is -1.96. The van der Waals surface area contributed by atoms with Crippen molar-refractivity contribution in [3.05, 3.63) is 59.7 Å².